The quantitative estimate of drug-likeness (QED) is 0.608. The van der Waals surface area contributed by atoms with Gasteiger partial charge in [0.2, 0.25) is 0 Å². The van der Waals surface area contributed by atoms with Crippen LogP contribution < -0.4 is 11.5 Å². The molecule has 2 aromatic heterocycles. The van der Waals surface area contributed by atoms with Crippen molar-refractivity contribution in [2.45, 2.75) is 0 Å². The zero-order chi connectivity index (χ0) is 9.26. The van der Waals surface area contributed by atoms with Gasteiger partial charge in [0.05, 0.1) is 11.3 Å². The summed E-state index contributed by atoms with van der Waals surface area (Å²) in [5.41, 5.74) is 13.8. The number of hydrogen-bond acceptors (Lipinski definition) is 3. The second-order valence-electron chi connectivity index (χ2n) is 2.74. The lowest BCUT2D eigenvalue weighted by atomic mass is 10.1. The predicted octanol–water partition coefficient (Wildman–Crippen LogP) is 1.24. The SMILES string of the molecule is Nc1ccnc(N)c1-c1ccc[nH]1. The smallest absolute Gasteiger partial charge is 0.134 e. The molecule has 0 saturated carbocycles. The Kier molecular flexibility index (Phi) is 1.66. The third-order valence-electron chi connectivity index (χ3n) is 1.88. The fourth-order valence-corrected chi connectivity index (χ4v) is 1.27. The van der Waals surface area contributed by atoms with Crippen LogP contribution in [0.2, 0.25) is 0 Å². The second-order valence-corrected chi connectivity index (χ2v) is 2.74. The average Bonchev–Trinajstić information content (AvgIpc) is 2.57. The van der Waals surface area contributed by atoms with E-state index in [2.05, 4.69) is 9.97 Å². The first-order chi connectivity index (χ1) is 6.29. The Labute approximate surface area is 75.6 Å². The fourth-order valence-electron chi connectivity index (χ4n) is 1.27. The number of aromatic nitrogens is 2. The lowest BCUT2D eigenvalue weighted by molar-refractivity contribution is 1.31. The van der Waals surface area contributed by atoms with Gasteiger partial charge in [-0.3, -0.25) is 0 Å². The maximum atomic E-state index is 5.77. The summed E-state index contributed by atoms with van der Waals surface area (Å²) in [6, 6.07) is 5.53. The largest absolute Gasteiger partial charge is 0.398 e. The minimum atomic E-state index is 0.447. The number of H-pyrrole nitrogens is 1. The molecule has 66 valence electrons. The third kappa shape index (κ3) is 1.22. The fraction of sp³-hybridized carbons (Fsp3) is 0. The number of aromatic amines is 1. The van der Waals surface area contributed by atoms with Crippen molar-refractivity contribution >= 4 is 11.5 Å². The molecule has 0 atom stereocenters. The summed E-state index contributed by atoms with van der Waals surface area (Å²) in [6.45, 7) is 0. The van der Waals surface area contributed by atoms with Crippen LogP contribution in [-0.2, 0) is 0 Å². The van der Waals surface area contributed by atoms with Gasteiger partial charge in [0.1, 0.15) is 5.82 Å². The van der Waals surface area contributed by atoms with Gasteiger partial charge in [0.25, 0.3) is 0 Å². The summed E-state index contributed by atoms with van der Waals surface area (Å²) >= 11 is 0. The lowest BCUT2D eigenvalue weighted by Crippen LogP contribution is -1.98. The number of anilines is 2. The lowest BCUT2D eigenvalue weighted by Gasteiger charge is -2.05. The highest BCUT2D eigenvalue weighted by Crippen LogP contribution is 2.27. The normalized spacial score (nSPS) is 10.2. The minimum Gasteiger partial charge on any atom is -0.398 e. The first kappa shape index (κ1) is 7.67. The molecule has 0 spiro atoms. The van der Waals surface area contributed by atoms with Crippen molar-refractivity contribution in [3.05, 3.63) is 30.6 Å². The van der Waals surface area contributed by atoms with Crippen molar-refractivity contribution in [2.24, 2.45) is 0 Å². The molecule has 5 N–H and O–H groups in total. The average molecular weight is 174 g/mol. The van der Waals surface area contributed by atoms with E-state index >= 15 is 0 Å². The Morgan fingerprint density at radius 1 is 1.23 bits per heavy atom. The van der Waals surface area contributed by atoms with Gasteiger partial charge >= 0.3 is 0 Å². The van der Waals surface area contributed by atoms with Crippen molar-refractivity contribution in [1.29, 1.82) is 0 Å². The molecule has 0 bridgehead atoms. The first-order valence-electron chi connectivity index (χ1n) is 3.93. The van der Waals surface area contributed by atoms with E-state index in [9.17, 15) is 0 Å². The van der Waals surface area contributed by atoms with E-state index in [1.54, 1.807) is 12.3 Å². The number of nitrogens with two attached hydrogens (primary N) is 2. The molecule has 4 heteroatoms. The van der Waals surface area contributed by atoms with E-state index in [1.165, 1.54) is 0 Å². The van der Waals surface area contributed by atoms with Gasteiger partial charge in [-0.2, -0.15) is 0 Å². The molecule has 2 heterocycles. The molecule has 2 rings (SSSR count). The summed E-state index contributed by atoms with van der Waals surface area (Å²) in [6.07, 6.45) is 3.42. The van der Waals surface area contributed by atoms with Gasteiger partial charge in [-0.1, -0.05) is 0 Å². The number of hydrogen-bond donors (Lipinski definition) is 3. The van der Waals surface area contributed by atoms with Gasteiger partial charge in [-0.15, -0.1) is 0 Å². The third-order valence-corrected chi connectivity index (χ3v) is 1.88. The molecular weight excluding hydrogens is 164 g/mol. The number of nitrogens with zero attached hydrogens (tertiary/aromatic N) is 1. The Morgan fingerprint density at radius 3 is 2.69 bits per heavy atom. The van der Waals surface area contributed by atoms with E-state index in [0.717, 1.165) is 11.3 Å². The van der Waals surface area contributed by atoms with E-state index in [1.807, 2.05) is 18.3 Å². The summed E-state index contributed by atoms with van der Waals surface area (Å²) < 4.78 is 0. The predicted molar refractivity (Wildman–Crippen MR) is 52.8 cm³/mol. The topological polar surface area (TPSA) is 80.7 Å². The van der Waals surface area contributed by atoms with Crippen LogP contribution in [0, 0.1) is 0 Å². The molecule has 0 saturated heterocycles. The molecule has 0 aliphatic carbocycles. The van der Waals surface area contributed by atoms with Crippen LogP contribution in [0.1, 0.15) is 0 Å². The highest BCUT2D eigenvalue weighted by molar-refractivity contribution is 5.82. The van der Waals surface area contributed by atoms with E-state index < -0.39 is 0 Å². The number of rotatable bonds is 1. The summed E-state index contributed by atoms with van der Waals surface area (Å²) in [7, 11) is 0. The number of pyridine rings is 1. The van der Waals surface area contributed by atoms with E-state index in [0.29, 0.717) is 11.5 Å². The standard InChI is InChI=1S/C9H10N4/c10-6-3-5-13-9(11)8(6)7-2-1-4-12-7/h1-5,12H,(H4,10,11,13). The van der Waals surface area contributed by atoms with Crippen molar-refractivity contribution in [2.75, 3.05) is 11.5 Å². The summed E-state index contributed by atoms with van der Waals surface area (Å²) in [5.74, 6) is 0.447. The summed E-state index contributed by atoms with van der Waals surface area (Å²) in [5, 5.41) is 0. The van der Waals surface area contributed by atoms with Gasteiger partial charge in [0.15, 0.2) is 0 Å². The highest BCUT2D eigenvalue weighted by Gasteiger charge is 2.07. The van der Waals surface area contributed by atoms with Crippen molar-refractivity contribution < 1.29 is 0 Å². The van der Waals surface area contributed by atoms with Gasteiger partial charge in [0, 0.05) is 18.1 Å². The Balaban J connectivity index is 2.64. The minimum absolute atomic E-state index is 0.447. The van der Waals surface area contributed by atoms with Crippen LogP contribution in [0.3, 0.4) is 0 Å². The summed E-state index contributed by atoms with van der Waals surface area (Å²) in [4.78, 5) is 7.01. The van der Waals surface area contributed by atoms with Crippen molar-refractivity contribution in [1.82, 2.24) is 9.97 Å². The van der Waals surface area contributed by atoms with E-state index in [4.69, 9.17) is 11.5 Å². The van der Waals surface area contributed by atoms with Gasteiger partial charge < -0.3 is 16.5 Å². The van der Waals surface area contributed by atoms with Crippen molar-refractivity contribution in [3.8, 4) is 11.3 Å². The molecule has 0 fully saturated rings. The highest BCUT2D eigenvalue weighted by atomic mass is 14.8. The molecule has 2 aromatic rings. The Bertz CT molecular complexity index is 385. The van der Waals surface area contributed by atoms with E-state index in [-0.39, 0.29) is 0 Å². The van der Waals surface area contributed by atoms with Crippen LogP contribution in [0.5, 0.6) is 0 Å². The van der Waals surface area contributed by atoms with Crippen molar-refractivity contribution in [3.63, 3.8) is 0 Å². The number of nitrogens with one attached hydrogen (secondary N) is 1. The number of nitrogen functional groups attached to an aromatic ring is 2. The zero-order valence-electron chi connectivity index (χ0n) is 6.99. The molecule has 13 heavy (non-hydrogen) atoms. The molecular formula is C9H10N4. The first-order valence-corrected chi connectivity index (χ1v) is 3.93. The second kappa shape index (κ2) is 2.82. The van der Waals surface area contributed by atoms with Crippen LogP contribution in [-0.4, -0.2) is 9.97 Å². The van der Waals surface area contributed by atoms with Crippen LogP contribution >= 0.6 is 0 Å². The maximum absolute atomic E-state index is 5.77. The molecule has 0 radical (unpaired) electrons. The zero-order valence-corrected chi connectivity index (χ0v) is 6.99. The van der Waals surface area contributed by atoms with Gasteiger partial charge in [-0.05, 0) is 18.2 Å². The monoisotopic (exact) mass is 174 g/mol. The Morgan fingerprint density at radius 2 is 2.08 bits per heavy atom. The van der Waals surface area contributed by atoms with Crippen LogP contribution in [0.25, 0.3) is 11.3 Å². The molecule has 0 aromatic carbocycles. The Hall–Kier alpha value is -1.97. The maximum Gasteiger partial charge on any atom is 0.134 e. The van der Waals surface area contributed by atoms with Crippen LogP contribution in [0.4, 0.5) is 11.5 Å². The van der Waals surface area contributed by atoms with Gasteiger partial charge in [-0.25, -0.2) is 4.98 Å². The molecule has 0 unspecified atom stereocenters. The molecule has 4 nitrogen and oxygen atoms in total. The molecule has 0 aliphatic heterocycles. The molecule has 0 aliphatic rings. The molecule has 0 amide bonds. The van der Waals surface area contributed by atoms with Crippen LogP contribution in [0.15, 0.2) is 30.6 Å².